The summed E-state index contributed by atoms with van der Waals surface area (Å²) in [6, 6.07) is 12.8. The average molecular weight is 287 g/mol. The lowest BCUT2D eigenvalue weighted by atomic mass is 9.96. The molecule has 3 heteroatoms. The Hall–Kier alpha value is -1.87. The van der Waals surface area contributed by atoms with Gasteiger partial charge in [-0.15, -0.1) is 0 Å². The molecule has 1 unspecified atom stereocenters. The second-order valence-electron chi connectivity index (χ2n) is 5.19. The fraction of sp³-hybridized carbons (Fsp3) is 0.333. The minimum atomic E-state index is -0.220. The number of ether oxygens (including phenoxy) is 1. The summed E-state index contributed by atoms with van der Waals surface area (Å²) in [7, 11) is 1.67. The van der Waals surface area contributed by atoms with Gasteiger partial charge in [-0.05, 0) is 49.2 Å². The van der Waals surface area contributed by atoms with Crippen molar-refractivity contribution in [3.8, 4) is 5.75 Å². The van der Waals surface area contributed by atoms with Crippen LogP contribution in [-0.4, -0.2) is 13.7 Å². The predicted molar refractivity (Wildman–Crippen MR) is 84.3 cm³/mol. The van der Waals surface area contributed by atoms with Crippen molar-refractivity contribution in [2.45, 2.75) is 26.3 Å². The molecule has 0 aromatic heterocycles. The van der Waals surface area contributed by atoms with Crippen molar-refractivity contribution in [2.75, 3.05) is 13.7 Å². The minimum absolute atomic E-state index is 0.0730. The Morgan fingerprint density at radius 1 is 1.19 bits per heavy atom. The van der Waals surface area contributed by atoms with Crippen LogP contribution in [0.4, 0.5) is 4.39 Å². The van der Waals surface area contributed by atoms with Gasteiger partial charge in [-0.2, -0.15) is 0 Å². The summed E-state index contributed by atoms with van der Waals surface area (Å²) in [5.74, 6) is 0.606. The van der Waals surface area contributed by atoms with E-state index in [4.69, 9.17) is 4.74 Å². The zero-order chi connectivity index (χ0) is 15.2. The maximum Gasteiger partial charge on any atom is 0.124 e. The van der Waals surface area contributed by atoms with Gasteiger partial charge in [0.2, 0.25) is 0 Å². The lowest BCUT2D eigenvalue weighted by Gasteiger charge is -2.22. The number of halogens is 1. The standard InChI is InChI=1S/C18H22FNO/c1-4-10-20-18(14-6-5-7-15(19)12-14)16-9-8-13(2)11-17(16)21-3/h5-9,11-12,18,20H,4,10H2,1-3H3. The molecule has 112 valence electrons. The van der Waals surface area contributed by atoms with Gasteiger partial charge < -0.3 is 10.1 Å². The van der Waals surface area contributed by atoms with E-state index >= 15 is 0 Å². The van der Waals surface area contributed by atoms with Crippen molar-refractivity contribution < 1.29 is 9.13 Å². The van der Waals surface area contributed by atoms with Gasteiger partial charge in [0.05, 0.1) is 13.2 Å². The van der Waals surface area contributed by atoms with Crippen LogP contribution in [0.2, 0.25) is 0 Å². The molecule has 0 aliphatic rings. The fourth-order valence-electron chi connectivity index (χ4n) is 2.44. The second kappa shape index (κ2) is 7.23. The Kier molecular flexibility index (Phi) is 5.34. The molecule has 0 heterocycles. The summed E-state index contributed by atoms with van der Waals surface area (Å²) in [6.07, 6.45) is 1.01. The van der Waals surface area contributed by atoms with E-state index in [1.807, 2.05) is 25.1 Å². The van der Waals surface area contributed by atoms with Crippen LogP contribution in [0, 0.1) is 12.7 Å². The predicted octanol–water partition coefficient (Wildman–Crippen LogP) is 4.23. The maximum absolute atomic E-state index is 13.6. The topological polar surface area (TPSA) is 21.3 Å². The monoisotopic (exact) mass is 287 g/mol. The number of methoxy groups -OCH3 is 1. The first-order chi connectivity index (χ1) is 10.2. The summed E-state index contributed by atoms with van der Waals surface area (Å²) < 4.78 is 19.1. The van der Waals surface area contributed by atoms with Gasteiger partial charge in [-0.25, -0.2) is 4.39 Å². The summed E-state index contributed by atoms with van der Waals surface area (Å²) in [5.41, 5.74) is 3.08. The number of aryl methyl sites for hydroxylation is 1. The van der Waals surface area contributed by atoms with Gasteiger partial charge in [0.25, 0.3) is 0 Å². The van der Waals surface area contributed by atoms with Crippen molar-refractivity contribution in [1.29, 1.82) is 0 Å². The lowest BCUT2D eigenvalue weighted by Crippen LogP contribution is -2.23. The van der Waals surface area contributed by atoms with Crippen molar-refractivity contribution in [3.63, 3.8) is 0 Å². The van der Waals surface area contributed by atoms with Gasteiger partial charge in [0.15, 0.2) is 0 Å². The molecule has 0 aliphatic heterocycles. The molecule has 0 amide bonds. The fourth-order valence-corrected chi connectivity index (χ4v) is 2.44. The Morgan fingerprint density at radius 3 is 2.67 bits per heavy atom. The highest BCUT2D eigenvalue weighted by Gasteiger charge is 2.18. The summed E-state index contributed by atoms with van der Waals surface area (Å²) in [6.45, 7) is 5.00. The van der Waals surface area contributed by atoms with Crippen LogP contribution in [-0.2, 0) is 0 Å². The van der Waals surface area contributed by atoms with Crippen LogP contribution < -0.4 is 10.1 Å². The molecule has 0 fully saturated rings. The third-order valence-electron chi connectivity index (χ3n) is 3.48. The molecule has 0 spiro atoms. The first-order valence-electron chi connectivity index (χ1n) is 7.29. The molecule has 2 rings (SSSR count). The number of benzene rings is 2. The number of hydrogen-bond acceptors (Lipinski definition) is 2. The normalized spacial score (nSPS) is 12.2. The zero-order valence-corrected chi connectivity index (χ0v) is 12.8. The molecule has 0 radical (unpaired) electrons. The summed E-state index contributed by atoms with van der Waals surface area (Å²) in [5, 5.41) is 3.48. The van der Waals surface area contributed by atoms with E-state index in [-0.39, 0.29) is 11.9 Å². The number of rotatable bonds is 6. The highest BCUT2D eigenvalue weighted by atomic mass is 19.1. The van der Waals surface area contributed by atoms with Crippen LogP contribution in [0.15, 0.2) is 42.5 Å². The van der Waals surface area contributed by atoms with E-state index in [0.717, 1.165) is 35.4 Å². The minimum Gasteiger partial charge on any atom is -0.496 e. The molecular formula is C18H22FNO. The van der Waals surface area contributed by atoms with Crippen LogP contribution in [0.5, 0.6) is 5.75 Å². The number of nitrogens with one attached hydrogen (secondary N) is 1. The molecule has 0 aliphatic carbocycles. The molecule has 0 saturated heterocycles. The Labute approximate surface area is 126 Å². The van der Waals surface area contributed by atoms with Gasteiger partial charge in [-0.1, -0.05) is 31.2 Å². The third kappa shape index (κ3) is 3.82. The van der Waals surface area contributed by atoms with Gasteiger partial charge >= 0.3 is 0 Å². The third-order valence-corrected chi connectivity index (χ3v) is 3.48. The van der Waals surface area contributed by atoms with Crippen LogP contribution in [0.3, 0.4) is 0 Å². The zero-order valence-electron chi connectivity index (χ0n) is 12.8. The van der Waals surface area contributed by atoms with E-state index in [1.54, 1.807) is 19.2 Å². The van der Waals surface area contributed by atoms with E-state index in [9.17, 15) is 4.39 Å². The Morgan fingerprint density at radius 2 is 2.00 bits per heavy atom. The molecular weight excluding hydrogens is 265 g/mol. The first-order valence-corrected chi connectivity index (χ1v) is 7.29. The Balaban J connectivity index is 2.45. The highest BCUT2D eigenvalue weighted by Crippen LogP contribution is 2.31. The summed E-state index contributed by atoms with van der Waals surface area (Å²) in [4.78, 5) is 0. The highest BCUT2D eigenvalue weighted by molar-refractivity contribution is 5.43. The van der Waals surface area contributed by atoms with Crippen molar-refractivity contribution in [1.82, 2.24) is 5.32 Å². The second-order valence-corrected chi connectivity index (χ2v) is 5.19. The van der Waals surface area contributed by atoms with Crippen molar-refractivity contribution in [3.05, 3.63) is 65.0 Å². The first kappa shape index (κ1) is 15.5. The van der Waals surface area contributed by atoms with Crippen molar-refractivity contribution >= 4 is 0 Å². The average Bonchev–Trinajstić information content (AvgIpc) is 2.49. The quantitative estimate of drug-likeness (QED) is 0.858. The van der Waals surface area contributed by atoms with E-state index < -0.39 is 0 Å². The lowest BCUT2D eigenvalue weighted by molar-refractivity contribution is 0.403. The molecule has 0 saturated carbocycles. The molecule has 0 bridgehead atoms. The summed E-state index contributed by atoms with van der Waals surface area (Å²) >= 11 is 0. The molecule has 1 N–H and O–H groups in total. The Bertz CT molecular complexity index is 598. The van der Waals surface area contributed by atoms with Gasteiger partial charge in [-0.3, -0.25) is 0 Å². The molecule has 2 nitrogen and oxygen atoms in total. The van der Waals surface area contributed by atoms with Crippen LogP contribution in [0.25, 0.3) is 0 Å². The maximum atomic E-state index is 13.6. The SMILES string of the molecule is CCCNC(c1cccc(F)c1)c1ccc(C)cc1OC. The van der Waals surface area contributed by atoms with Crippen LogP contribution >= 0.6 is 0 Å². The van der Waals surface area contributed by atoms with Gasteiger partial charge in [0, 0.05) is 5.56 Å². The smallest absolute Gasteiger partial charge is 0.124 e. The largest absolute Gasteiger partial charge is 0.496 e. The van der Waals surface area contributed by atoms with Crippen molar-refractivity contribution in [2.24, 2.45) is 0 Å². The van der Waals surface area contributed by atoms with E-state index in [0.29, 0.717) is 0 Å². The molecule has 21 heavy (non-hydrogen) atoms. The van der Waals surface area contributed by atoms with E-state index in [2.05, 4.69) is 18.3 Å². The molecule has 2 aromatic rings. The molecule has 2 aromatic carbocycles. The van der Waals surface area contributed by atoms with Crippen LogP contribution in [0.1, 0.15) is 36.1 Å². The number of hydrogen-bond donors (Lipinski definition) is 1. The molecule has 1 atom stereocenters. The van der Waals surface area contributed by atoms with Gasteiger partial charge in [0.1, 0.15) is 11.6 Å². The van der Waals surface area contributed by atoms with E-state index in [1.165, 1.54) is 6.07 Å².